The van der Waals surface area contributed by atoms with E-state index in [0.29, 0.717) is 0 Å². The summed E-state index contributed by atoms with van der Waals surface area (Å²) in [5, 5.41) is 0. The summed E-state index contributed by atoms with van der Waals surface area (Å²) in [7, 11) is 0. The molecular formula is C9H18N2. The Hall–Kier alpha value is -0.530. The van der Waals surface area contributed by atoms with Crippen LogP contribution in [0.3, 0.4) is 0 Å². The van der Waals surface area contributed by atoms with Crippen molar-refractivity contribution in [2.75, 3.05) is 0 Å². The highest BCUT2D eigenvalue weighted by molar-refractivity contribution is 5.80. The minimum Gasteiger partial charge on any atom is -0.387 e. The fraction of sp³-hybridized carbons (Fsp3) is 0.889. The number of amidine groups is 1. The van der Waals surface area contributed by atoms with Crippen LogP contribution in [0.4, 0.5) is 0 Å². The molecule has 0 saturated heterocycles. The molecule has 2 heteroatoms. The molecule has 1 aliphatic carbocycles. The van der Waals surface area contributed by atoms with Crippen LogP contribution in [0.1, 0.15) is 46.0 Å². The summed E-state index contributed by atoms with van der Waals surface area (Å²) >= 11 is 0. The molecule has 1 fully saturated rings. The van der Waals surface area contributed by atoms with E-state index in [9.17, 15) is 0 Å². The summed E-state index contributed by atoms with van der Waals surface area (Å²) in [6.45, 7) is 4.32. The van der Waals surface area contributed by atoms with Crippen LogP contribution in [0.25, 0.3) is 0 Å². The van der Waals surface area contributed by atoms with Gasteiger partial charge in [-0.3, -0.25) is 4.99 Å². The molecule has 0 aromatic carbocycles. The normalized spacial score (nSPS) is 22.9. The lowest BCUT2D eigenvalue weighted by Gasteiger charge is -2.34. The van der Waals surface area contributed by atoms with Crippen molar-refractivity contribution in [2.24, 2.45) is 10.7 Å². The Morgan fingerprint density at radius 2 is 2.18 bits per heavy atom. The maximum Gasteiger partial charge on any atom is 0.0943 e. The van der Waals surface area contributed by atoms with Crippen LogP contribution in [-0.4, -0.2) is 11.4 Å². The number of rotatable bonds is 3. The lowest BCUT2D eigenvalue weighted by atomic mass is 9.79. The van der Waals surface area contributed by atoms with Crippen molar-refractivity contribution in [3.05, 3.63) is 0 Å². The Kier molecular flexibility index (Phi) is 2.53. The zero-order valence-corrected chi connectivity index (χ0v) is 7.56. The van der Waals surface area contributed by atoms with E-state index in [0.717, 1.165) is 18.7 Å². The third-order valence-corrected chi connectivity index (χ3v) is 2.35. The molecule has 0 radical (unpaired) electrons. The molecule has 0 heterocycles. The topological polar surface area (TPSA) is 38.4 Å². The van der Waals surface area contributed by atoms with Crippen LogP contribution in [0.5, 0.6) is 0 Å². The summed E-state index contributed by atoms with van der Waals surface area (Å²) in [4.78, 5) is 4.50. The molecule has 0 aliphatic heterocycles. The van der Waals surface area contributed by atoms with E-state index in [-0.39, 0.29) is 5.54 Å². The average molecular weight is 154 g/mol. The van der Waals surface area contributed by atoms with Crippen molar-refractivity contribution in [3.63, 3.8) is 0 Å². The molecule has 0 spiro atoms. The van der Waals surface area contributed by atoms with Crippen LogP contribution < -0.4 is 5.73 Å². The molecule has 0 unspecified atom stereocenters. The van der Waals surface area contributed by atoms with Crippen molar-refractivity contribution < 1.29 is 0 Å². The summed E-state index contributed by atoms with van der Waals surface area (Å²) in [6, 6.07) is 0. The number of nitrogens with two attached hydrogens (primary N) is 1. The first-order valence-corrected chi connectivity index (χ1v) is 4.50. The molecule has 11 heavy (non-hydrogen) atoms. The van der Waals surface area contributed by atoms with Crippen molar-refractivity contribution in [2.45, 2.75) is 51.5 Å². The maximum absolute atomic E-state index is 5.73. The molecule has 0 amide bonds. The smallest absolute Gasteiger partial charge is 0.0943 e. The van der Waals surface area contributed by atoms with E-state index in [2.05, 4.69) is 18.8 Å². The van der Waals surface area contributed by atoms with Gasteiger partial charge in [-0.05, 0) is 32.6 Å². The van der Waals surface area contributed by atoms with Crippen molar-refractivity contribution in [1.82, 2.24) is 0 Å². The molecule has 0 bridgehead atoms. The van der Waals surface area contributed by atoms with Gasteiger partial charge in [-0.2, -0.15) is 0 Å². The number of hydrogen-bond donors (Lipinski definition) is 1. The van der Waals surface area contributed by atoms with Crippen LogP contribution in [-0.2, 0) is 0 Å². The summed E-state index contributed by atoms with van der Waals surface area (Å²) in [6.07, 6.45) is 5.81. The molecule has 2 nitrogen and oxygen atoms in total. The molecule has 2 N–H and O–H groups in total. The van der Waals surface area contributed by atoms with Gasteiger partial charge >= 0.3 is 0 Å². The first-order chi connectivity index (χ1) is 5.16. The summed E-state index contributed by atoms with van der Waals surface area (Å²) < 4.78 is 0. The summed E-state index contributed by atoms with van der Waals surface area (Å²) in [5.41, 5.74) is 5.94. The fourth-order valence-electron chi connectivity index (χ4n) is 1.46. The molecular weight excluding hydrogens is 136 g/mol. The molecule has 0 aromatic heterocycles. The maximum atomic E-state index is 5.73. The predicted octanol–water partition coefficient (Wildman–Crippen LogP) is 2.09. The zero-order valence-electron chi connectivity index (χ0n) is 7.56. The quantitative estimate of drug-likeness (QED) is 0.490. The third kappa shape index (κ3) is 2.21. The van der Waals surface area contributed by atoms with E-state index < -0.39 is 0 Å². The second kappa shape index (κ2) is 3.24. The van der Waals surface area contributed by atoms with Gasteiger partial charge in [0.25, 0.3) is 0 Å². The van der Waals surface area contributed by atoms with Crippen molar-refractivity contribution >= 4 is 5.84 Å². The Balaban J connectivity index is 2.42. The highest BCUT2D eigenvalue weighted by atomic mass is 14.9. The van der Waals surface area contributed by atoms with Gasteiger partial charge in [-0.1, -0.05) is 6.92 Å². The first kappa shape index (κ1) is 8.57. The molecule has 0 aromatic rings. The predicted molar refractivity (Wildman–Crippen MR) is 48.8 cm³/mol. The van der Waals surface area contributed by atoms with Gasteiger partial charge < -0.3 is 5.73 Å². The largest absolute Gasteiger partial charge is 0.387 e. The molecule has 1 rings (SSSR count). The van der Waals surface area contributed by atoms with E-state index in [1.807, 2.05) is 0 Å². The van der Waals surface area contributed by atoms with Gasteiger partial charge in [0.15, 0.2) is 0 Å². The lowest BCUT2D eigenvalue weighted by molar-refractivity contribution is 0.279. The van der Waals surface area contributed by atoms with E-state index >= 15 is 0 Å². The highest BCUT2D eigenvalue weighted by Crippen LogP contribution is 2.34. The summed E-state index contributed by atoms with van der Waals surface area (Å²) in [5.74, 6) is 0.842. The average Bonchev–Trinajstić information content (AvgIpc) is 1.85. The number of nitrogens with zero attached hydrogens (tertiary/aromatic N) is 1. The van der Waals surface area contributed by atoms with E-state index in [4.69, 9.17) is 5.73 Å². The van der Waals surface area contributed by atoms with Crippen molar-refractivity contribution in [3.8, 4) is 0 Å². The molecule has 0 atom stereocenters. The van der Waals surface area contributed by atoms with Crippen LogP contribution in [0.15, 0.2) is 4.99 Å². The molecule has 1 aliphatic rings. The Morgan fingerprint density at radius 3 is 2.55 bits per heavy atom. The molecule has 1 saturated carbocycles. The minimum absolute atomic E-state index is 0.208. The Morgan fingerprint density at radius 1 is 1.55 bits per heavy atom. The van der Waals surface area contributed by atoms with Gasteiger partial charge in [-0.25, -0.2) is 0 Å². The number of hydrogen-bond acceptors (Lipinski definition) is 1. The minimum atomic E-state index is 0.208. The van der Waals surface area contributed by atoms with Crippen LogP contribution in [0.2, 0.25) is 0 Å². The van der Waals surface area contributed by atoms with Crippen LogP contribution in [0, 0.1) is 0 Å². The monoisotopic (exact) mass is 154 g/mol. The second-order valence-electron chi connectivity index (χ2n) is 3.70. The standard InChI is InChI=1S/C9H18N2/c1-3-5-8(10)11-9(2)6-4-7-9/h3-7H2,1-2H3,(H2,10,11). The van der Waals surface area contributed by atoms with Gasteiger partial charge in [-0.15, -0.1) is 0 Å². The fourth-order valence-corrected chi connectivity index (χ4v) is 1.46. The van der Waals surface area contributed by atoms with Gasteiger partial charge in [0, 0.05) is 6.42 Å². The highest BCUT2D eigenvalue weighted by Gasteiger charge is 2.30. The molecule has 64 valence electrons. The first-order valence-electron chi connectivity index (χ1n) is 4.50. The second-order valence-corrected chi connectivity index (χ2v) is 3.70. The SMILES string of the molecule is CCCC(N)=NC1(C)CCC1. The van der Waals surface area contributed by atoms with Crippen molar-refractivity contribution in [1.29, 1.82) is 0 Å². The Labute approximate surface area is 68.9 Å². The van der Waals surface area contributed by atoms with E-state index in [1.165, 1.54) is 19.3 Å². The van der Waals surface area contributed by atoms with Gasteiger partial charge in [0.05, 0.1) is 11.4 Å². The van der Waals surface area contributed by atoms with Gasteiger partial charge in [0.2, 0.25) is 0 Å². The third-order valence-electron chi connectivity index (χ3n) is 2.35. The lowest BCUT2D eigenvalue weighted by Crippen LogP contribution is -2.33. The van der Waals surface area contributed by atoms with Gasteiger partial charge in [0.1, 0.15) is 0 Å². The zero-order chi connectivity index (χ0) is 8.32. The Bertz CT molecular complexity index is 157. The number of aliphatic imine (C=N–C) groups is 1. The van der Waals surface area contributed by atoms with E-state index in [1.54, 1.807) is 0 Å². The van der Waals surface area contributed by atoms with Crippen LogP contribution >= 0.6 is 0 Å².